The third kappa shape index (κ3) is 12.2. The topological polar surface area (TPSA) is 163 Å². The Bertz CT molecular complexity index is 519. The Kier molecular flexibility index (Phi) is 6.16. The van der Waals surface area contributed by atoms with Gasteiger partial charge in [0, 0.05) is 0 Å². The first-order valence-electron chi connectivity index (χ1n) is 4.64. The summed E-state index contributed by atoms with van der Waals surface area (Å²) in [4.78, 5) is 0. The third-order valence-corrected chi connectivity index (χ3v) is 4.41. The van der Waals surface area contributed by atoms with Gasteiger partial charge in [0.25, 0.3) is 30.4 Å². The highest BCUT2D eigenvalue weighted by atomic mass is 32.2. The fraction of sp³-hybridized carbons (Fsp3) is 1.00. The maximum absolute atomic E-state index is 10.6. The van der Waals surface area contributed by atoms with Gasteiger partial charge >= 0.3 is 0 Å². The van der Waals surface area contributed by atoms with Crippen LogP contribution in [0.1, 0.15) is 12.8 Å². The molecule has 0 fully saturated rings. The van der Waals surface area contributed by atoms with E-state index in [4.69, 9.17) is 13.7 Å². The van der Waals surface area contributed by atoms with Crippen LogP contribution in [0.5, 0.6) is 0 Å². The first-order valence-corrected chi connectivity index (χ1v) is 9.47. The van der Waals surface area contributed by atoms with E-state index >= 15 is 0 Å². The summed E-state index contributed by atoms with van der Waals surface area (Å²) in [6.07, 6.45) is -0.706. The minimum Gasteiger partial charge on any atom is -0.286 e. The van der Waals surface area contributed by atoms with E-state index in [0.717, 1.165) is 0 Å². The SMILES string of the molecule is O=S(=O)(O)CCC(CCS(=O)(=O)O)CS(=O)(=O)O. The van der Waals surface area contributed by atoms with Gasteiger partial charge in [-0.3, -0.25) is 13.7 Å². The molecule has 0 aliphatic heterocycles. The summed E-state index contributed by atoms with van der Waals surface area (Å²) < 4.78 is 88.7. The molecule has 0 rings (SSSR count). The highest BCUT2D eigenvalue weighted by molar-refractivity contribution is 7.86. The van der Waals surface area contributed by atoms with Gasteiger partial charge in [0.05, 0.1) is 17.3 Å². The van der Waals surface area contributed by atoms with Gasteiger partial charge in [0.15, 0.2) is 0 Å². The van der Waals surface area contributed by atoms with E-state index in [1.165, 1.54) is 0 Å². The van der Waals surface area contributed by atoms with Gasteiger partial charge in [-0.2, -0.15) is 25.3 Å². The zero-order valence-corrected chi connectivity index (χ0v) is 11.6. The molecule has 0 spiro atoms. The summed E-state index contributed by atoms with van der Waals surface area (Å²) in [7, 11) is -13.0. The van der Waals surface area contributed by atoms with Crippen LogP contribution in [0.15, 0.2) is 0 Å². The zero-order valence-electron chi connectivity index (χ0n) is 9.13. The van der Waals surface area contributed by atoms with Crippen molar-refractivity contribution in [1.29, 1.82) is 0 Å². The van der Waals surface area contributed by atoms with Crippen LogP contribution in [0.2, 0.25) is 0 Å². The van der Waals surface area contributed by atoms with Crippen molar-refractivity contribution < 1.29 is 38.9 Å². The number of rotatable bonds is 8. The third-order valence-electron chi connectivity index (χ3n) is 2.01. The van der Waals surface area contributed by atoms with Crippen molar-refractivity contribution in [1.82, 2.24) is 0 Å². The fourth-order valence-electron chi connectivity index (χ4n) is 1.24. The molecule has 0 saturated heterocycles. The molecule has 110 valence electrons. The Morgan fingerprint density at radius 1 is 0.667 bits per heavy atom. The Labute approximate surface area is 105 Å². The maximum atomic E-state index is 10.6. The molecular weight excluding hydrogens is 312 g/mol. The smallest absolute Gasteiger partial charge is 0.265 e. The lowest BCUT2D eigenvalue weighted by atomic mass is 10.1. The van der Waals surface area contributed by atoms with Crippen molar-refractivity contribution in [2.45, 2.75) is 12.8 Å². The van der Waals surface area contributed by atoms with Crippen LogP contribution in [0.3, 0.4) is 0 Å². The quantitative estimate of drug-likeness (QED) is 0.477. The Hall–Kier alpha value is -0.270. The van der Waals surface area contributed by atoms with Crippen molar-refractivity contribution in [3.8, 4) is 0 Å². The van der Waals surface area contributed by atoms with Crippen LogP contribution in [0.25, 0.3) is 0 Å². The molecule has 0 aromatic rings. The Morgan fingerprint density at radius 3 is 1.22 bits per heavy atom. The molecule has 18 heavy (non-hydrogen) atoms. The molecule has 0 amide bonds. The van der Waals surface area contributed by atoms with Crippen molar-refractivity contribution >= 4 is 30.4 Å². The molecule has 0 heterocycles. The molecule has 0 aliphatic rings. The van der Waals surface area contributed by atoms with Crippen LogP contribution in [0.4, 0.5) is 0 Å². The Morgan fingerprint density at radius 2 is 1.00 bits per heavy atom. The lowest BCUT2D eigenvalue weighted by Gasteiger charge is -2.13. The molecule has 9 nitrogen and oxygen atoms in total. The average molecular weight is 326 g/mol. The summed E-state index contributed by atoms with van der Waals surface area (Å²) >= 11 is 0. The predicted molar refractivity (Wildman–Crippen MR) is 62.0 cm³/mol. The lowest BCUT2D eigenvalue weighted by molar-refractivity contribution is 0.436. The summed E-state index contributed by atoms with van der Waals surface area (Å²) in [5.74, 6) is -3.39. The summed E-state index contributed by atoms with van der Waals surface area (Å²) in [6.45, 7) is 0. The number of hydrogen-bond donors (Lipinski definition) is 3. The Balaban J connectivity index is 4.63. The monoisotopic (exact) mass is 326 g/mol. The maximum Gasteiger partial charge on any atom is 0.265 e. The van der Waals surface area contributed by atoms with Gasteiger partial charge in [0.2, 0.25) is 0 Å². The summed E-state index contributed by atoms with van der Waals surface area (Å²) in [5, 5.41) is 0. The molecule has 0 bridgehead atoms. The molecule has 12 heteroatoms. The van der Waals surface area contributed by atoms with Crippen molar-refractivity contribution in [3.63, 3.8) is 0 Å². The standard InChI is InChI=1S/C6H14O9S3/c7-16(8,9)3-1-6(5-18(13,14)15)2-4-17(10,11)12/h6H,1-5H2,(H,7,8,9)(H,10,11,12)(H,13,14,15). The van der Waals surface area contributed by atoms with E-state index in [2.05, 4.69) is 0 Å². The van der Waals surface area contributed by atoms with Gasteiger partial charge in [-0.05, 0) is 18.8 Å². The minimum absolute atomic E-state index is 0.353. The molecule has 0 radical (unpaired) electrons. The summed E-state index contributed by atoms with van der Waals surface area (Å²) in [5.41, 5.74) is 0. The number of hydrogen-bond acceptors (Lipinski definition) is 6. The van der Waals surface area contributed by atoms with Crippen molar-refractivity contribution in [3.05, 3.63) is 0 Å². The van der Waals surface area contributed by atoms with Crippen LogP contribution in [0, 0.1) is 5.92 Å². The van der Waals surface area contributed by atoms with E-state index in [0.29, 0.717) is 0 Å². The van der Waals surface area contributed by atoms with E-state index in [9.17, 15) is 25.3 Å². The molecule has 0 saturated carbocycles. The highest BCUT2D eigenvalue weighted by Gasteiger charge is 2.21. The second kappa shape index (κ2) is 6.25. The van der Waals surface area contributed by atoms with Crippen molar-refractivity contribution in [2.24, 2.45) is 5.92 Å². The first kappa shape index (κ1) is 17.7. The second-order valence-corrected chi connectivity index (χ2v) is 8.41. The first-order chi connectivity index (χ1) is 7.79. The zero-order chi connectivity index (χ0) is 14.6. The highest BCUT2D eigenvalue weighted by Crippen LogP contribution is 2.14. The minimum atomic E-state index is -4.41. The largest absolute Gasteiger partial charge is 0.286 e. The van der Waals surface area contributed by atoms with E-state index in [1.807, 2.05) is 0 Å². The second-order valence-electron chi connectivity index (χ2n) is 3.76. The van der Waals surface area contributed by atoms with Crippen LogP contribution < -0.4 is 0 Å². The molecule has 0 aromatic heterocycles. The van der Waals surface area contributed by atoms with Crippen molar-refractivity contribution in [2.75, 3.05) is 17.3 Å². The molecule has 0 atom stereocenters. The van der Waals surface area contributed by atoms with Gasteiger partial charge in [0.1, 0.15) is 0 Å². The van der Waals surface area contributed by atoms with Crippen LogP contribution >= 0.6 is 0 Å². The molecule has 0 unspecified atom stereocenters. The molecular formula is C6H14O9S3. The average Bonchev–Trinajstić information content (AvgIpc) is 2.05. The van der Waals surface area contributed by atoms with Crippen LogP contribution in [-0.2, 0) is 30.4 Å². The van der Waals surface area contributed by atoms with Gasteiger partial charge in [-0.1, -0.05) is 0 Å². The summed E-state index contributed by atoms with van der Waals surface area (Å²) in [6, 6.07) is 0. The van der Waals surface area contributed by atoms with E-state index in [-0.39, 0.29) is 12.8 Å². The molecule has 3 N–H and O–H groups in total. The van der Waals surface area contributed by atoms with E-state index in [1.54, 1.807) is 0 Å². The van der Waals surface area contributed by atoms with Gasteiger partial charge < -0.3 is 0 Å². The van der Waals surface area contributed by atoms with Gasteiger partial charge in [-0.25, -0.2) is 0 Å². The molecule has 0 aliphatic carbocycles. The predicted octanol–water partition coefficient (Wildman–Crippen LogP) is -0.954. The normalized spacial score (nSPS) is 14.0. The fourth-order valence-corrected chi connectivity index (χ4v) is 3.43. The van der Waals surface area contributed by atoms with Crippen LogP contribution in [-0.4, -0.2) is 56.2 Å². The lowest BCUT2D eigenvalue weighted by Crippen LogP contribution is -2.21. The molecule has 0 aromatic carbocycles. The van der Waals surface area contributed by atoms with Gasteiger partial charge in [-0.15, -0.1) is 0 Å². The van der Waals surface area contributed by atoms with E-state index < -0.39 is 53.5 Å².